The van der Waals surface area contributed by atoms with Gasteiger partial charge in [0.25, 0.3) is 0 Å². The van der Waals surface area contributed by atoms with Crippen molar-refractivity contribution in [3.8, 4) is 0 Å². The van der Waals surface area contributed by atoms with Crippen LogP contribution in [-0.4, -0.2) is 19.3 Å². The fraction of sp³-hybridized carbons (Fsp3) is 0.778. The molecule has 1 saturated heterocycles. The summed E-state index contributed by atoms with van der Waals surface area (Å²) in [5.41, 5.74) is 1.13. The Labute approximate surface area is 68.6 Å². The molecule has 2 nitrogen and oxygen atoms in total. The first-order valence-corrected chi connectivity index (χ1v) is 4.23. The molecule has 0 aromatic rings. The first kappa shape index (κ1) is 8.60. The van der Waals surface area contributed by atoms with Gasteiger partial charge >= 0.3 is 0 Å². The second kappa shape index (κ2) is 3.77. The molecular weight excluding hydrogens is 138 g/mol. The normalized spacial score (nSPS) is 24.1. The molecule has 64 valence electrons. The molecule has 1 atom stereocenters. The number of nitrogens with one attached hydrogen (secondary N) is 1. The van der Waals surface area contributed by atoms with E-state index in [1.807, 2.05) is 0 Å². The van der Waals surface area contributed by atoms with Gasteiger partial charge in [-0.3, -0.25) is 0 Å². The van der Waals surface area contributed by atoms with Gasteiger partial charge in [-0.15, -0.1) is 0 Å². The van der Waals surface area contributed by atoms with Crippen molar-refractivity contribution in [3.63, 3.8) is 0 Å². The molecule has 0 spiro atoms. The van der Waals surface area contributed by atoms with Gasteiger partial charge in [0, 0.05) is 12.3 Å². The van der Waals surface area contributed by atoms with Gasteiger partial charge in [0.15, 0.2) is 0 Å². The topological polar surface area (TPSA) is 21.3 Å². The summed E-state index contributed by atoms with van der Waals surface area (Å²) in [5.74, 6) is 0.524. The van der Waals surface area contributed by atoms with Crippen LogP contribution in [0.1, 0.15) is 20.3 Å². The quantitative estimate of drug-likeness (QED) is 0.667. The Morgan fingerprint density at radius 2 is 2.36 bits per heavy atom. The van der Waals surface area contributed by atoms with Crippen LogP contribution in [0.2, 0.25) is 0 Å². The smallest absolute Gasteiger partial charge is 0.0668 e. The molecule has 11 heavy (non-hydrogen) atoms. The Morgan fingerprint density at radius 3 is 2.82 bits per heavy atom. The van der Waals surface area contributed by atoms with Gasteiger partial charge in [0.05, 0.1) is 12.6 Å². The molecule has 1 fully saturated rings. The summed E-state index contributed by atoms with van der Waals surface area (Å²) in [6, 6.07) is 0.505. The van der Waals surface area contributed by atoms with E-state index in [-0.39, 0.29) is 0 Å². The van der Waals surface area contributed by atoms with E-state index in [0.29, 0.717) is 12.0 Å². The van der Waals surface area contributed by atoms with Gasteiger partial charge in [-0.2, -0.15) is 0 Å². The minimum Gasteiger partial charge on any atom is -0.383 e. The van der Waals surface area contributed by atoms with Crippen LogP contribution in [0.4, 0.5) is 0 Å². The summed E-state index contributed by atoms with van der Waals surface area (Å²) in [7, 11) is 0. The van der Waals surface area contributed by atoms with E-state index >= 15 is 0 Å². The van der Waals surface area contributed by atoms with Gasteiger partial charge in [-0.05, 0) is 12.3 Å². The highest BCUT2D eigenvalue weighted by Crippen LogP contribution is 2.09. The van der Waals surface area contributed by atoms with Crippen LogP contribution in [0, 0.1) is 5.92 Å². The zero-order valence-corrected chi connectivity index (χ0v) is 7.39. The molecule has 1 heterocycles. The van der Waals surface area contributed by atoms with Gasteiger partial charge in [0.2, 0.25) is 0 Å². The van der Waals surface area contributed by atoms with Crippen molar-refractivity contribution in [3.05, 3.63) is 12.3 Å². The first-order valence-electron chi connectivity index (χ1n) is 4.23. The Bertz CT molecular complexity index is 136. The Balaban J connectivity index is 2.24. The van der Waals surface area contributed by atoms with Crippen LogP contribution in [0.5, 0.6) is 0 Å². The van der Waals surface area contributed by atoms with E-state index in [1.54, 1.807) is 0 Å². The lowest BCUT2D eigenvalue weighted by atomic mass is 10.1. The third-order valence-electron chi connectivity index (χ3n) is 2.02. The van der Waals surface area contributed by atoms with E-state index in [9.17, 15) is 0 Å². The SMILES string of the molecule is C=C(NC1CCOC1)C(C)C. The predicted molar refractivity (Wildman–Crippen MR) is 46.3 cm³/mol. The van der Waals surface area contributed by atoms with Crippen LogP contribution < -0.4 is 5.32 Å². The lowest BCUT2D eigenvalue weighted by Gasteiger charge is -2.16. The summed E-state index contributed by atoms with van der Waals surface area (Å²) in [5, 5.41) is 3.36. The average Bonchev–Trinajstić information content (AvgIpc) is 2.39. The number of hydrogen-bond donors (Lipinski definition) is 1. The van der Waals surface area contributed by atoms with E-state index < -0.39 is 0 Å². The molecule has 0 bridgehead atoms. The highest BCUT2D eigenvalue weighted by Gasteiger charge is 2.15. The number of hydrogen-bond acceptors (Lipinski definition) is 2. The number of allylic oxidation sites excluding steroid dienone is 1. The molecule has 0 saturated carbocycles. The van der Waals surface area contributed by atoms with Crippen molar-refractivity contribution in [2.75, 3.05) is 13.2 Å². The maximum Gasteiger partial charge on any atom is 0.0668 e. The third kappa shape index (κ3) is 2.54. The first-order chi connectivity index (χ1) is 5.20. The standard InChI is InChI=1S/C9H17NO/c1-7(2)8(3)10-9-4-5-11-6-9/h7,9-10H,3-6H2,1-2H3. The van der Waals surface area contributed by atoms with Crippen molar-refractivity contribution < 1.29 is 4.74 Å². The van der Waals surface area contributed by atoms with Crippen molar-refractivity contribution in [1.29, 1.82) is 0 Å². The number of ether oxygens (including phenoxy) is 1. The largest absolute Gasteiger partial charge is 0.383 e. The van der Waals surface area contributed by atoms with Crippen LogP contribution in [0.3, 0.4) is 0 Å². The second-order valence-corrected chi connectivity index (χ2v) is 3.38. The van der Waals surface area contributed by atoms with E-state index in [0.717, 1.165) is 25.3 Å². The van der Waals surface area contributed by atoms with E-state index in [1.165, 1.54) is 0 Å². The average molecular weight is 155 g/mol. The lowest BCUT2D eigenvalue weighted by Crippen LogP contribution is -2.29. The molecule has 0 aliphatic carbocycles. The monoisotopic (exact) mass is 155 g/mol. The molecule has 1 aliphatic rings. The van der Waals surface area contributed by atoms with Crippen LogP contribution >= 0.6 is 0 Å². The molecule has 1 aliphatic heterocycles. The molecule has 1 unspecified atom stereocenters. The molecule has 0 aromatic carbocycles. The molecule has 0 radical (unpaired) electrons. The van der Waals surface area contributed by atoms with Crippen molar-refractivity contribution in [2.24, 2.45) is 5.92 Å². The zero-order valence-electron chi connectivity index (χ0n) is 7.39. The van der Waals surface area contributed by atoms with Gasteiger partial charge < -0.3 is 10.1 Å². The van der Waals surface area contributed by atoms with Crippen LogP contribution in [-0.2, 0) is 4.74 Å². The maximum absolute atomic E-state index is 5.23. The Kier molecular flexibility index (Phi) is 2.94. The zero-order chi connectivity index (χ0) is 8.27. The van der Waals surface area contributed by atoms with Crippen molar-refractivity contribution in [2.45, 2.75) is 26.3 Å². The molecule has 0 amide bonds. The maximum atomic E-state index is 5.23. The minimum absolute atomic E-state index is 0.505. The second-order valence-electron chi connectivity index (χ2n) is 3.38. The van der Waals surface area contributed by atoms with Crippen LogP contribution in [0.15, 0.2) is 12.3 Å². The minimum atomic E-state index is 0.505. The van der Waals surface area contributed by atoms with Gasteiger partial charge in [0.1, 0.15) is 0 Å². The van der Waals surface area contributed by atoms with Crippen LogP contribution in [0.25, 0.3) is 0 Å². The predicted octanol–water partition coefficient (Wildman–Crippen LogP) is 1.53. The molecular formula is C9H17NO. The van der Waals surface area contributed by atoms with Gasteiger partial charge in [-0.25, -0.2) is 0 Å². The molecule has 1 rings (SSSR count). The van der Waals surface area contributed by atoms with E-state index in [2.05, 4.69) is 25.7 Å². The highest BCUT2D eigenvalue weighted by atomic mass is 16.5. The van der Waals surface area contributed by atoms with Crippen molar-refractivity contribution >= 4 is 0 Å². The van der Waals surface area contributed by atoms with Crippen molar-refractivity contribution in [1.82, 2.24) is 5.32 Å². The summed E-state index contributed by atoms with van der Waals surface area (Å²) in [6.45, 7) is 9.97. The summed E-state index contributed by atoms with van der Waals surface area (Å²) in [4.78, 5) is 0. The fourth-order valence-corrected chi connectivity index (χ4v) is 1.08. The van der Waals surface area contributed by atoms with Gasteiger partial charge in [-0.1, -0.05) is 20.4 Å². The molecule has 0 aromatic heterocycles. The molecule has 2 heteroatoms. The number of rotatable bonds is 3. The third-order valence-corrected chi connectivity index (χ3v) is 2.02. The Morgan fingerprint density at radius 1 is 1.64 bits per heavy atom. The lowest BCUT2D eigenvalue weighted by molar-refractivity contribution is 0.191. The summed E-state index contributed by atoms with van der Waals surface area (Å²) in [6.07, 6.45) is 1.12. The fourth-order valence-electron chi connectivity index (χ4n) is 1.08. The summed E-state index contributed by atoms with van der Waals surface area (Å²) >= 11 is 0. The highest BCUT2D eigenvalue weighted by molar-refractivity contribution is 4.97. The van der Waals surface area contributed by atoms with E-state index in [4.69, 9.17) is 4.74 Å². The Hall–Kier alpha value is -0.500. The molecule has 1 N–H and O–H groups in total. The summed E-state index contributed by atoms with van der Waals surface area (Å²) < 4.78 is 5.23.